The van der Waals surface area contributed by atoms with Gasteiger partial charge in [0.25, 0.3) is 0 Å². The molecule has 6 aromatic rings. The molecule has 184 valence electrons. The number of hydrogen-bond donors (Lipinski definition) is 0. The van der Waals surface area contributed by atoms with Gasteiger partial charge in [-0.25, -0.2) is 0 Å². The van der Waals surface area contributed by atoms with E-state index in [0.29, 0.717) is 0 Å². The second-order valence-electron chi connectivity index (χ2n) is 9.09. The normalized spacial score (nSPS) is 11.4. The molecule has 0 bridgehead atoms. The van der Waals surface area contributed by atoms with Gasteiger partial charge in [-0.05, 0) is 55.8 Å². The van der Waals surface area contributed by atoms with E-state index in [1.54, 1.807) is 4.80 Å². The smallest absolute Gasteiger partial charge is 0.145 e. The van der Waals surface area contributed by atoms with Gasteiger partial charge in [0, 0.05) is 5.33 Å². The van der Waals surface area contributed by atoms with Crippen LogP contribution in [-0.2, 0) is 10.9 Å². The molecule has 38 heavy (non-hydrogen) atoms. The molecule has 0 spiro atoms. The summed E-state index contributed by atoms with van der Waals surface area (Å²) >= 11 is 3.74. The van der Waals surface area contributed by atoms with Crippen molar-refractivity contribution in [2.75, 3.05) is 0 Å². The van der Waals surface area contributed by atoms with Crippen LogP contribution in [0.3, 0.4) is 0 Å². The quantitative estimate of drug-likeness (QED) is 0.149. The van der Waals surface area contributed by atoms with Crippen molar-refractivity contribution in [2.45, 2.75) is 10.9 Å². The molecule has 0 saturated heterocycles. The molecule has 1 heterocycles. The second-order valence-corrected chi connectivity index (χ2v) is 9.65. The molecule has 4 nitrogen and oxygen atoms in total. The molecule has 0 saturated carbocycles. The first kappa shape index (κ1) is 24.0. The van der Waals surface area contributed by atoms with Crippen molar-refractivity contribution in [3.05, 3.63) is 162 Å². The van der Waals surface area contributed by atoms with Crippen LogP contribution in [-0.4, -0.2) is 20.2 Å². The number of benzene rings is 5. The molecular weight excluding hydrogens is 532 g/mol. The van der Waals surface area contributed by atoms with Gasteiger partial charge in [0.1, 0.15) is 0 Å². The largest absolute Gasteiger partial charge is 0.162 e. The van der Waals surface area contributed by atoms with Gasteiger partial charge in [-0.1, -0.05) is 143 Å². The minimum absolute atomic E-state index is 0.750. The molecule has 6 rings (SSSR count). The first-order chi connectivity index (χ1) is 18.8. The molecule has 0 N–H and O–H groups in total. The fraction of sp³-hybridized carbons (Fsp3) is 0.0606. The highest BCUT2D eigenvalue weighted by molar-refractivity contribution is 9.08. The summed E-state index contributed by atoms with van der Waals surface area (Å²) in [7, 11) is 0. The number of nitrogens with zero attached hydrogens (tertiary/aromatic N) is 4. The van der Waals surface area contributed by atoms with E-state index in [-0.39, 0.29) is 0 Å². The fourth-order valence-electron chi connectivity index (χ4n) is 5.34. The van der Waals surface area contributed by atoms with Gasteiger partial charge in [0.2, 0.25) is 0 Å². The highest BCUT2D eigenvalue weighted by Gasteiger charge is 2.41. The Labute approximate surface area is 230 Å². The van der Waals surface area contributed by atoms with Crippen molar-refractivity contribution in [3.8, 4) is 22.3 Å². The van der Waals surface area contributed by atoms with E-state index in [2.05, 4.69) is 153 Å². The molecule has 0 aliphatic rings. The van der Waals surface area contributed by atoms with Crippen LogP contribution < -0.4 is 0 Å². The number of aromatic nitrogens is 4. The lowest BCUT2D eigenvalue weighted by molar-refractivity contribution is 0.395. The summed E-state index contributed by atoms with van der Waals surface area (Å²) in [5, 5.41) is 13.9. The zero-order valence-electron chi connectivity index (χ0n) is 20.7. The summed E-state index contributed by atoms with van der Waals surface area (Å²) in [5.74, 6) is 0. The van der Waals surface area contributed by atoms with Crippen LogP contribution in [0.1, 0.15) is 22.3 Å². The van der Waals surface area contributed by atoms with Crippen molar-refractivity contribution in [1.29, 1.82) is 0 Å². The lowest BCUT2D eigenvalue weighted by atomic mass is 9.76. The Morgan fingerprint density at radius 2 is 1.18 bits per heavy atom. The van der Waals surface area contributed by atoms with Crippen LogP contribution in [0.15, 0.2) is 140 Å². The molecule has 5 heteroatoms. The lowest BCUT2D eigenvalue weighted by Crippen LogP contribution is -2.39. The highest BCUT2D eigenvalue weighted by Crippen LogP contribution is 2.42. The second kappa shape index (κ2) is 10.6. The average Bonchev–Trinajstić information content (AvgIpc) is 3.54. The predicted octanol–water partition coefficient (Wildman–Crippen LogP) is 7.74. The topological polar surface area (TPSA) is 43.6 Å². The van der Waals surface area contributed by atoms with Gasteiger partial charge in [-0.15, -0.1) is 15.0 Å². The summed E-state index contributed by atoms with van der Waals surface area (Å²) in [6.45, 7) is 0. The maximum absolute atomic E-state index is 4.61. The van der Waals surface area contributed by atoms with E-state index < -0.39 is 5.54 Å². The minimum Gasteiger partial charge on any atom is -0.145 e. The minimum atomic E-state index is -0.814. The number of rotatable bonds is 7. The molecule has 0 atom stereocenters. The summed E-state index contributed by atoms with van der Waals surface area (Å²) in [4.78, 5) is 1.73. The summed E-state index contributed by atoms with van der Waals surface area (Å²) in [6, 6.07) is 46.6. The third-order valence-electron chi connectivity index (χ3n) is 6.98. The van der Waals surface area contributed by atoms with E-state index in [0.717, 1.165) is 27.6 Å². The maximum Gasteiger partial charge on any atom is 0.162 e. The van der Waals surface area contributed by atoms with Gasteiger partial charge >= 0.3 is 0 Å². The molecule has 0 aliphatic heterocycles. The summed E-state index contributed by atoms with van der Waals surface area (Å²) < 4.78 is 0. The van der Waals surface area contributed by atoms with Crippen molar-refractivity contribution < 1.29 is 0 Å². The highest BCUT2D eigenvalue weighted by atomic mass is 79.9. The van der Waals surface area contributed by atoms with Gasteiger partial charge in [0.15, 0.2) is 11.9 Å². The number of halogens is 1. The Balaban J connectivity index is 1.66. The van der Waals surface area contributed by atoms with Gasteiger partial charge in [-0.3, -0.25) is 0 Å². The molecule has 0 amide bonds. The van der Waals surface area contributed by atoms with E-state index in [9.17, 15) is 0 Å². The fourth-order valence-corrected chi connectivity index (χ4v) is 5.80. The van der Waals surface area contributed by atoms with Crippen LogP contribution in [0, 0.1) is 0 Å². The van der Waals surface area contributed by atoms with E-state index >= 15 is 0 Å². The molecule has 0 radical (unpaired) electrons. The predicted molar refractivity (Wildman–Crippen MR) is 156 cm³/mol. The zero-order chi connectivity index (χ0) is 25.8. The van der Waals surface area contributed by atoms with Gasteiger partial charge in [-0.2, -0.15) is 0 Å². The lowest BCUT2D eigenvalue weighted by Gasteiger charge is -2.34. The third kappa shape index (κ3) is 4.15. The summed E-state index contributed by atoms with van der Waals surface area (Å²) in [6.07, 6.45) is 1.50. The Bertz CT molecular complexity index is 1590. The van der Waals surface area contributed by atoms with Crippen molar-refractivity contribution in [1.82, 2.24) is 20.2 Å². The van der Waals surface area contributed by atoms with Gasteiger partial charge < -0.3 is 0 Å². The van der Waals surface area contributed by atoms with Crippen LogP contribution in [0.25, 0.3) is 22.3 Å². The molecular formula is C33H25BrN4. The Morgan fingerprint density at radius 3 is 1.79 bits per heavy atom. The van der Waals surface area contributed by atoms with Gasteiger partial charge in [0.05, 0.1) is 0 Å². The van der Waals surface area contributed by atoms with Crippen LogP contribution in [0.5, 0.6) is 0 Å². The Hall–Kier alpha value is -4.35. The van der Waals surface area contributed by atoms with E-state index in [4.69, 9.17) is 0 Å². The average molecular weight is 557 g/mol. The van der Waals surface area contributed by atoms with Crippen molar-refractivity contribution >= 4 is 15.9 Å². The first-order valence-corrected chi connectivity index (χ1v) is 13.6. The number of tetrazole rings is 1. The summed E-state index contributed by atoms with van der Waals surface area (Å²) in [5.41, 5.74) is 8.30. The van der Waals surface area contributed by atoms with Crippen molar-refractivity contribution in [3.63, 3.8) is 0 Å². The Kier molecular flexibility index (Phi) is 6.67. The van der Waals surface area contributed by atoms with E-state index in [1.165, 1.54) is 28.6 Å². The SMILES string of the molecule is BrCc1cccc(-c2ccccc2)c1-c1cccc(C(c2ccccc2)(c2ccccc2)n2ncnn2)c1. The first-order valence-electron chi connectivity index (χ1n) is 12.5. The van der Waals surface area contributed by atoms with E-state index in [1.807, 2.05) is 12.1 Å². The molecule has 0 aliphatic carbocycles. The van der Waals surface area contributed by atoms with Crippen LogP contribution >= 0.6 is 15.9 Å². The zero-order valence-corrected chi connectivity index (χ0v) is 22.2. The van der Waals surface area contributed by atoms with Crippen LogP contribution in [0.2, 0.25) is 0 Å². The molecule has 1 aromatic heterocycles. The molecule has 0 fully saturated rings. The standard InChI is InChI=1S/C33H25BrN4/c34-23-27-15-11-21-31(25-12-4-1-5-13-25)32(27)26-14-10-20-30(22-26)33(38-36-24-35-37-38,28-16-6-2-7-17-28)29-18-8-3-9-19-29/h1-22,24H,23H2. The van der Waals surface area contributed by atoms with Crippen molar-refractivity contribution in [2.24, 2.45) is 0 Å². The molecule has 5 aromatic carbocycles. The number of alkyl halides is 1. The number of hydrogen-bond acceptors (Lipinski definition) is 3. The molecule has 0 unspecified atom stereocenters. The monoisotopic (exact) mass is 556 g/mol. The third-order valence-corrected chi connectivity index (χ3v) is 7.58. The Morgan fingerprint density at radius 1 is 0.605 bits per heavy atom. The maximum atomic E-state index is 4.61. The van der Waals surface area contributed by atoms with Crippen LogP contribution in [0.4, 0.5) is 0 Å².